The summed E-state index contributed by atoms with van der Waals surface area (Å²) in [5.74, 6) is 0. The smallest absolute Gasteiger partial charge is 0.136 e. The third kappa shape index (κ3) is 4.92. The van der Waals surface area contributed by atoms with Gasteiger partial charge in [-0.3, -0.25) is 0 Å². The second-order valence-corrected chi connectivity index (χ2v) is 14.9. The van der Waals surface area contributed by atoms with Crippen molar-refractivity contribution >= 4 is 77.1 Å². The molecule has 57 heavy (non-hydrogen) atoms. The molecule has 0 saturated carbocycles. The quantitative estimate of drug-likeness (QED) is 0.170. The molecule has 0 amide bonds. The van der Waals surface area contributed by atoms with Gasteiger partial charge in [0.2, 0.25) is 0 Å². The number of para-hydroxylation sites is 2. The summed E-state index contributed by atoms with van der Waals surface area (Å²) in [4.78, 5) is 2.42. The largest absolute Gasteiger partial charge is 0.456 e. The molecule has 12 aromatic rings. The average Bonchev–Trinajstić information content (AvgIpc) is 3.95. The topological polar surface area (TPSA) is 20.8 Å². The first kappa shape index (κ1) is 31.7. The molecule has 0 saturated heterocycles. The van der Waals surface area contributed by atoms with Crippen molar-refractivity contribution in [3.8, 4) is 33.4 Å². The van der Waals surface area contributed by atoms with Crippen LogP contribution in [-0.4, -0.2) is 4.40 Å². The molecule has 0 aliphatic heterocycles. The van der Waals surface area contributed by atoms with Crippen LogP contribution < -0.4 is 4.90 Å². The number of hydrogen-bond acceptors (Lipinski definition) is 2. The van der Waals surface area contributed by atoms with Gasteiger partial charge in [-0.1, -0.05) is 140 Å². The molecule has 3 heteroatoms. The molecule has 0 aliphatic carbocycles. The van der Waals surface area contributed by atoms with Gasteiger partial charge >= 0.3 is 0 Å². The zero-order valence-electron chi connectivity index (χ0n) is 30.9. The number of furan rings is 1. The van der Waals surface area contributed by atoms with Gasteiger partial charge < -0.3 is 13.7 Å². The lowest BCUT2D eigenvalue weighted by atomic mass is 10.0. The first-order valence-corrected chi connectivity index (χ1v) is 19.5. The van der Waals surface area contributed by atoms with Crippen LogP contribution in [0.2, 0.25) is 0 Å². The van der Waals surface area contributed by atoms with E-state index in [1.54, 1.807) is 0 Å². The Labute approximate surface area is 329 Å². The van der Waals surface area contributed by atoms with Crippen molar-refractivity contribution in [2.45, 2.75) is 0 Å². The lowest BCUT2D eigenvalue weighted by Crippen LogP contribution is -2.10. The molecule has 0 unspecified atom stereocenters. The molecule has 0 bridgehead atoms. The van der Waals surface area contributed by atoms with Crippen LogP contribution >= 0.6 is 0 Å². The molecule has 3 nitrogen and oxygen atoms in total. The Balaban J connectivity index is 0.997. The molecule has 0 fully saturated rings. The van der Waals surface area contributed by atoms with Gasteiger partial charge in [0, 0.05) is 43.7 Å². The van der Waals surface area contributed by atoms with E-state index in [0.717, 1.165) is 55.7 Å². The molecule has 266 valence electrons. The Kier molecular flexibility index (Phi) is 6.93. The zero-order valence-corrected chi connectivity index (χ0v) is 30.9. The second kappa shape index (κ2) is 12.5. The fraction of sp³-hybridized carbons (Fsp3) is 0. The van der Waals surface area contributed by atoms with E-state index in [4.69, 9.17) is 4.42 Å². The summed E-state index contributed by atoms with van der Waals surface area (Å²) in [6.07, 6.45) is 0. The van der Waals surface area contributed by atoms with Crippen molar-refractivity contribution in [3.63, 3.8) is 0 Å². The van der Waals surface area contributed by atoms with E-state index in [1.165, 1.54) is 54.8 Å². The van der Waals surface area contributed by atoms with Crippen molar-refractivity contribution in [1.82, 2.24) is 4.40 Å². The standard InChI is InChI=1S/C54H34N2O/c1-3-11-35(12-4-1)37-21-27-41(28-22-37)55(49-19-10-20-50-53(49)46-17-9-16-45-43-15-7-8-18-48(43)56(50)54(45)46)42-29-23-38(24-30-42)39-26-32-51-47(33-39)44-31-25-40(34-52(44)57-51)36-13-5-2-6-14-36/h1-34H. The summed E-state index contributed by atoms with van der Waals surface area (Å²) in [6, 6.07) is 74.4. The van der Waals surface area contributed by atoms with Crippen molar-refractivity contribution in [2.75, 3.05) is 4.90 Å². The van der Waals surface area contributed by atoms with Crippen LogP contribution in [0.1, 0.15) is 0 Å². The minimum absolute atomic E-state index is 0.895. The van der Waals surface area contributed by atoms with Crippen molar-refractivity contribution in [1.29, 1.82) is 0 Å². The van der Waals surface area contributed by atoms with E-state index >= 15 is 0 Å². The number of aromatic nitrogens is 1. The average molecular weight is 727 g/mol. The molecule has 3 heterocycles. The third-order valence-electron chi connectivity index (χ3n) is 11.7. The fourth-order valence-electron chi connectivity index (χ4n) is 9.08. The van der Waals surface area contributed by atoms with Crippen molar-refractivity contribution < 1.29 is 4.42 Å². The normalized spacial score (nSPS) is 11.9. The highest BCUT2D eigenvalue weighted by Crippen LogP contribution is 2.46. The van der Waals surface area contributed by atoms with Gasteiger partial charge in [0.05, 0.1) is 22.2 Å². The lowest BCUT2D eigenvalue weighted by molar-refractivity contribution is 0.669. The highest BCUT2D eigenvalue weighted by Gasteiger charge is 2.23. The molecule has 0 radical (unpaired) electrons. The lowest BCUT2D eigenvalue weighted by Gasteiger charge is -2.27. The van der Waals surface area contributed by atoms with E-state index in [-0.39, 0.29) is 0 Å². The van der Waals surface area contributed by atoms with Gasteiger partial charge in [-0.25, -0.2) is 0 Å². The van der Waals surface area contributed by atoms with E-state index in [0.29, 0.717) is 0 Å². The van der Waals surface area contributed by atoms with E-state index < -0.39 is 0 Å². The highest BCUT2D eigenvalue weighted by atomic mass is 16.3. The summed E-state index contributed by atoms with van der Waals surface area (Å²) in [5, 5.41) is 7.32. The molecule has 0 atom stereocenters. The minimum atomic E-state index is 0.895. The Bertz CT molecular complexity index is 3430. The Hall–Kier alpha value is -7.62. The summed E-state index contributed by atoms with van der Waals surface area (Å²) < 4.78 is 8.84. The van der Waals surface area contributed by atoms with E-state index in [1.807, 2.05) is 6.07 Å². The summed E-state index contributed by atoms with van der Waals surface area (Å²) in [7, 11) is 0. The third-order valence-corrected chi connectivity index (χ3v) is 11.7. The molecule has 12 rings (SSSR count). The second-order valence-electron chi connectivity index (χ2n) is 14.9. The van der Waals surface area contributed by atoms with E-state index in [2.05, 4.69) is 209 Å². The fourth-order valence-corrected chi connectivity index (χ4v) is 9.08. The van der Waals surface area contributed by atoms with Crippen LogP contribution in [0.4, 0.5) is 17.1 Å². The van der Waals surface area contributed by atoms with Crippen LogP contribution in [0, 0.1) is 0 Å². The molecule has 3 aromatic heterocycles. The first-order chi connectivity index (χ1) is 28.3. The maximum Gasteiger partial charge on any atom is 0.136 e. The molecule has 0 spiro atoms. The maximum absolute atomic E-state index is 6.38. The minimum Gasteiger partial charge on any atom is -0.456 e. The van der Waals surface area contributed by atoms with Gasteiger partial charge in [-0.2, -0.15) is 0 Å². The van der Waals surface area contributed by atoms with Gasteiger partial charge in [0.25, 0.3) is 0 Å². The molecule has 0 N–H and O–H groups in total. The first-order valence-electron chi connectivity index (χ1n) is 19.5. The van der Waals surface area contributed by atoms with Crippen molar-refractivity contribution in [2.24, 2.45) is 0 Å². The van der Waals surface area contributed by atoms with E-state index in [9.17, 15) is 0 Å². The maximum atomic E-state index is 6.38. The zero-order chi connectivity index (χ0) is 37.5. The van der Waals surface area contributed by atoms with Gasteiger partial charge in [-0.05, 0) is 100 Å². The monoisotopic (exact) mass is 726 g/mol. The molecule has 9 aromatic carbocycles. The van der Waals surface area contributed by atoms with Gasteiger partial charge in [0.15, 0.2) is 0 Å². The number of rotatable bonds is 6. The summed E-state index contributed by atoms with van der Waals surface area (Å²) in [5.41, 5.74) is 15.9. The number of anilines is 3. The highest BCUT2D eigenvalue weighted by molar-refractivity contribution is 6.26. The van der Waals surface area contributed by atoms with Crippen LogP contribution in [0.15, 0.2) is 211 Å². The SMILES string of the molecule is c1ccc(-c2ccc(N(c3ccc(-c4ccc5oc6cc(-c7ccccc7)ccc6c5c4)cc3)c3cccc4c3c3cccc5c6ccccc6n4c53)cc2)cc1. The number of nitrogens with zero attached hydrogens (tertiary/aromatic N) is 2. The molecular weight excluding hydrogens is 693 g/mol. The Morgan fingerprint density at radius 2 is 0.877 bits per heavy atom. The van der Waals surface area contributed by atoms with Crippen LogP contribution in [0.25, 0.3) is 93.4 Å². The summed E-state index contributed by atoms with van der Waals surface area (Å²) >= 11 is 0. The number of fused-ring (bicyclic) bond motifs is 9. The van der Waals surface area contributed by atoms with Crippen LogP contribution in [0.3, 0.4) is 0 Å². The van der Waals surface area contributed by atoms with Crippen LogP contribution in [-0.2, 0) is 0 Å². The van der Waals surface area contributed by atoms with Crippen LogP contribution in [0.5, 0.6) is 0 Å². The molecule has 0 aliphatic rings. The molecular formula is C54H34N2O. The van der Waals surface area contributed by atoms with Crippen molar-refractivity contribution in [3.05, 3.63) is 206 Å². The number of benzene rings is 9. The Morgan fingerprint density at radius 1 is 0.333 bits per heavy atom. The predicted molar refractivity (Wildman–Crippen MR) is 239 cm³/mol. The number of hydrogen-bond donors (Lipinski definition) is 0. The predicted octanol–water partition coefficient (Wildman–Crippen LogP) is 15.2. The van der Waals surface area contributed by atoms with Gasteiger partial charge in [-0.15, -0.1) is 0 Å². The Morgan fingerprint density at radius 3 is 1.63 bits per heavy atom. The summed E-state index contributed by atoms with van der Waals surface area (Å²) in [6.45, 7) is 0. The van der Waals surface area contributed by atoms with Gasteiger partial charge in [0.1, 0.15) is 11.2 Å².